The first kappa shape index (κ1) is 20.7. The minimum atomic E-state index is -1.42. The van der Waals surface area contributed by atoms with Gasteiger partial charge < -0.3 is 10.4 Å². The largest absolute Gasteiger partial charge is 0.481 e. The van der Waals surface area contributed by atoms with Crippen LogP contribution < -0.4 is 10.6 Å². The Morgan fingerprint density at radius 3 is 2.53 bits per heavy atom. The van der Waals surface area contributed by atoms with Crippen LogP contribution in [0.1, 0.15) is 24.0 Å². The molecule has 3 N–H and O–H groups in total. The Hall–Kier alpha value is -3.23. The summed E-state index contributed by atoms with van der Waals surface area (Å²) < 4.78 is 0. The lowest BCUT2D eigenvalue weighted by molar-refractivity contribution is -0.144. The number of hydrogen-bond acceptors (Lipinski definition) is 5. The Kier molecular flexibility index (Phi) is 4.79. The van der Waals surface area contributed by atoms with Gasteiger partial charge in [-0.1, -0.05) is 48.0 Å². The molecule has 3 amide bonds. The highest BCUT2D eigenvalue weighted by Gasteiger charge is 2.70. The third-order valence-electron chi connectivity index (χ3n) is 6.67. The van der Waals surface area contributed by atoms with Crippen LogP contribution in [0.3, 0.4) is 0 Å². The molecule has 3 heterocycles. The monoisotopic (exact) mass is 453 g/mol. The van der Waals surface area contributed by atoms with Gasteiger partial charge in [-0.25, -0.2) is 0 Å². The van der Waals surface area contributed by atoms with Crippen molar-refractivity contribution in [1.29, 1.82) is 0 Å². The number of carboxylic acid groups (broad SMARTS) is 1. The third kappa shape index (κ3) is 2.87. The van der Waals surface area contributed by atoms with Gasteiger partial charge in [0.05, 0.1) is 18.4 Å². The number of nitrogens with zero attached hydrogens (tertiary/aromatic N) is 1. The van der Waals surface area contributed by atoms with Crippen LogP contribution in [-0.2, 0) is 31.3 Å². The zero-order valence-electron chi connectivity index (χ0n) is 16.9. The van der Waals surface area contributed by atoms with E-state index in [4.69, 9.17) is 11.6 Å². The fraction of sp³-hybridized carbons (Fsp3) is 0.304. The maximum Gasteiger partial charge on any atom is 0.303 e. The minimum Gasteiger partial charge on any atom is -0.481 e. The fourth-order valence-corrected chi connectivity index (χ4v) is 5.49. The Bertz CT molecular complexity index is 1170. The van der Waals surface area contributed by atoms with E-state index in [1.165, 1.54) is 0 Å². The SMILES string of the molecule is O=C(O)CC[C@H]1N[C@@]2(C(=O)Nc3ccccc32)[C@@H]2C(=O)N(Cc3ccccc3Cl)C(=O)[C@@H]21. The van der Waals surface area contributed by atoms with Crippen molar-refractivity contribution in [2.75, 3.05) is 5.32 Å². The zero-order valence-corrected chi connectivity index (χ0v) is 17.6. The van der Waals surface area contributed by atoms with E-state index in [1.54, 1.807) is 48.5 Å². The lowest BCUT2D eigenvalue weighted by Crippen LogP contribution is -2.53. The fourth-order valence-electron chi connectivity index (χ4n) is 5.30. The topological polar surface area (TPSA) is 116 Å². The van der Waals surface area contributed by atoms with Crippen molar-refractivity contribution in [2.24, 2.45) is 11.8 Å². The number of nitrogens with one attached hydrogen (secondary N) is 2. The van der Waals surface area contributed by atoms with Gasteiger partial charge in [-0.2, -0.15) is 0 Å². The van der Waals surface area contributed by atoms with Crippen molar-refractivity contribution in [3.8, 4) is 0 Å². The average Bonchev–Trinajstić information content (AvgIpc) is 3.34. The number of imide groups is 1. The maximum atomic E-state index is 13.6. The summed E-state index contributed by atoms with van der Waals surface area (Å²) in [5, 5.41) is 15.7. The van der Waals surface area contributed by atoms with E-state index in [2.05, 4.69) is 10.6 Å². The molecule has 3 aliphatic rings. The number of rotatable bonds is 5. The van der Waals surface area contributed by atoms with E-state index >= 15 is 0 Å². The van der Waals surface area contributed by atoms with Crippen LogP contribution in [0.25, 0.3) is 0 Å². The van der Waals surface area contributed by atoms with Crippen LogP contribution >= 0.6 is 11.6 Å². The molecule has 5 rings (SSSR count). The van der Waals surface area contributed by atoms with E-state index in [1.807, 2.05) is 0 Å². The summed E-state index contributed by atoms with van der Waals surface area (Å²) in [6.07, 6.45) is -0.0706. The molecule has 3 aliphatic heterocycles. The third-order valence-corrected chi connectivity index (χ3v) is 7.04. The van der Waals surface area contributed by atoms with Crippen LogP contribution in [0.2, 0.25) is 5.02 Å². The summed E-state index contributed by atoms with van der Waals surface area (Å²) in [5.41, 5.74) is 0.370. The van der Waals surface area contributed by atoms with Crippen LogP contribution in [0, 0.1) is 11.8 Å². The maximum absolute atomic E-state index is 13.6. The first-order chi connectivity index (χ1) is 15.3. The second-order valence-corrected chi connectivity index (χ2v) is 8.76. The lowest BCUT2D eigenvalue weighted by atomic mass is 9.76. The standard InChI is InChI=1S/C23H20ClN3O5/c24-14-7-3-1-5-12(14)11-27-20(30)18-16(9-10-17(28)29)26-23(19(18)21(27)31)13-6-2-4-8-15(13)25-22(23)32/h1-8,16,18-19,26H,9-11H2,(H,25,32)(H,28,29)/t16-,18-,19+,23-/m1/s1. The zero-order chi connectivity index (χ0) is 22.6. The highest BCUT2D eigenvalue weighted by molar-refractivity contribution is 6.31. The van der Waals surface area contributed by atoms with Crippen LogP contribution in [-0.4, -0.2) is 39.7 Å². The molecule has 164 valence electrons. The van der Waals surface area contributed by atoms with Crippen molar-refractivity contribution < 1.29 is 24.3 Å². The number of carbonyl (C=O) groups excluding carboxylic acids is 3. The van der Waals surface area contributed by atoms with E-state index in [-0.39, 0.29) is 19.4 Å². The molecule has 0 aromatic heterocycles. The molecule has 32 heavy (non-hydrogen) atoms. The Morgan fingerprint density at radius 1 is 1.06 bits per heavy atom. The first-order valence-electron chi connectivity index (χ1n) is 10.3. The van der Waals surface area contributed by atoms with Crippen LogP contribution in [0.4, 0.5) is 5.69 Å². The molecule has 2 aromatic carbocycles. The summed E-state index contributed by atoms with van der Waals surface area (Å²) in [6, 6.07) is 13.4. The molecule has 0 aliphatic carbocycles. The molecule has 2 fully saturated rings. The Balaban J connectivity index is 1.58. The summed E-state index contributed by atoms with van der Waals surface area (Å²) >= 11 is 6.25. The predicted molar refractivity (Wildman–Crippen MR) is 115 cm³/mol. The molecule has 0 unspecified atom stereocenters. The number of likely N-dealkylation sites (tertiary alicyclic amines) is 1. The number of aliphatic carboxylic acids is 1. The highest BCUT2D eigenvalue weighted by atomic mass is 35.5. The number of halogens is 1. The number of hydrogen-bond donors (Lipinski definition) is 3. The summed E-state index contributed by atoms with van der Waals surface area (Å²) in [5.74, 6) is -4.12. The molecule has 1 spiro atoms. The van der Waals surface area contributed by atoms with Gasteiger partial charge in [0.25, 0.3) is 0 Å². The van der Waals surface area contributed by atoms with Crippen molar-refractivity contribution >= 4 is 41.0 Å². The Labute approximate surface area is 188 Å². The van der Waals surface area contributed by atoms with E-state index < -0.39 is 47.1 Å². The van der Waals surface area contributed by atoms with Crippen LogP contribution in [0.5, 0.6) is 0 Å². The van der Waals surface area contributed by atoms with E-state index in [0.717, 1.165) is 4.90 Å². The number of anilines is 1. The lowest BCUT2D eigenvalue weighted by Gasteiger charge is -2.29. The number of carboxylic acids is 1. The van der Waals surface area contributed by atoms with E-state index in [9.17, 15) is 24.3 Å². The van der Waals surface area contributed by atoms with Gasteiger partial charge in [-0.15, -0.1) is 0 Å². The average molecular weight is 454 g/mol. The first-order valence-corrected chi connectivity index (χ1v) is 10.7. The second kappa shape index (κ2) is 7.43. The molecular formula is C23H20ClN3O5. The minimum absolute atomic E-state index is 0.00463. The molecule has 8 nitrogen and oxygen atoms in total. The molecule has 0 bridgehead atoms. The number of para-hydroxylation sites is 1. The van der Waals surface area contributed by atoms with Gasteiger partial charge >= 0.3 is 5.97 Å². The smallest absolute Gasteiger partial charge is 0.303 e. The predicted octanol–water partition coefficient (Wildman–Crippen LogP) is 2.13. The molecule has 0 radical (unpaired) electrons. The number of benzene rings is 2. The molecule has 2 saturated heterocycles. The molecule has 2 aromatic rings. The number of carbonyl (C=O) groups is 4. The Morgan fingerprint density at radius 2 is 1.78 bits per heavy atom. The quantitative estimate of drug-likeness (QED) is 0.597. The van der Waals surface area contributed by atoms with Crippen molar-refractivity contribution in [2.45, 2.75) is 31.0 Å². The van der Waals surface area contributed by atoms with Crippen molar-refractivity contribution in [3.63, 3.8) is 0 Å². The van der Waals surface area contributed by atoms with Gasteiger partial charge in [-0.3, -0.25) is 29.4 Å². The summed E-state index contributed by atoms with van der Waals surface area (Å²) in [7, 11) is 0. The highest BCUT2D eigenvalue weighted by Crippen LogP contribution is 2.53. The number of fused-ring (bicyclic) bond motifs is 4. The van der Waals surface area contributed by atoms with Gasteiger partial charge in [0.15, 0.2) is 0 Å². The normalized spacial score (nSPS) is 28.2. The second-order valence-electron chi connectivity index (χ2n) is 8.35. The number of amides is 3. The molecule has 4 atom stereocenters. The summed E-state index contributed by atoms with van der Waals surface area (Å²) in [4.78, 5) is 52.8. The van der Waals surface area contributed by atoms with E-state index in [0.29, 0.717) is 21.8 Å². The van der Waals surface area contributed by atoms with Gasteiger partial charge in [0.2, 0.25) is 17.7 Å². The van der Waals surface area contributed by atoms with Crippen molar-refractivity contribution in [1.82, 2.24) is 10.2 Å². The van der Waals surface area contributed by atoms with Gasteiger partial charge in [-0.05, 0) is 24.1 Å². The molecule has 0 saturated carbocycles. The summed E-state index contributed by atoms with van der Waals surface area (Å²) in [6.45, 7) is -0.00463. The van der Waals surface area contributed by atoms with Crippen LogP contribution in [0.15, 0.2) is 48.5 Å². The van der Waals surface area contributed by atoms with Crippen molar-refractivity contribution in [3.05, 3.63) is 64.7 Å². The van der Waals surface area contributed by atoms with Gasteiger partial charge in [0.1, 0.15) is 5.54 Å². The molecule has 9 heteroatoms. The van der Waals surface area contributed by atoms with Gasteiger partial charge in [0, 0.05) is 28.7 Å². The molecular weight excluding hydrogens is 434 g/mol.